The fourth-order valence-corrected chi connectivity index (χ4v) is 11.2. The maximum atomic E-state index is 11.6. The third-order valence-corrected chi connectivity index (χ3v) is 13.8. The molecule has 0 spiro atoms. The molecule has 0 N–H and O–H groups in total. The quantitative estimate of drug-likeness (QED) is 0.116. The molecule has 7 nitrogen and oxygen atoms in total. The maximum Gasteiger partial charge on any atom is 0.303 e. The zero-order valence-electron chi connectivity index (χ0n) is 31.1. The zero-order chi connectivity index (χ0) is 34.6. The number of rotatable bonds is 12. The minimum Gasteiger partial charge on any atom is -0.463 e. The first-order chi connectivity index (χ1) is 23.6. The molecule has 0 radical (unpaired) electrons. The molecule has 274 valence electrons. The highest BCUT2D eigenvalue weighted by atomic mass is 16.7. The van der Waals surface area contributed by atoms with Crippen molar-refractivity contribution in [1.29, 1.82) is 0 Å². The molecule has 6 rings (SSSR count). The van der Waals surface area contributed by atoms with Crippen LogP contribution >= 0.6 is 0 Å². The summed E-state index contributed by atoms with van der Waals surface area (Å²) < 4.78 is 29.5. The number of hydrogen-bond acceptors (Lipinski definition) is 7. The van der Waals surface area contributed by atoms with Crippen molar-refractivity contribution in [2.45, 2.75) is 168 Å². The van der Waals surface area contributed by atoms with Gasteiger partial charge < -0.3 is 23.7 Å². The van der Waals surface area contributed by atoms with E-state index in [-0.39, 0.29) is 18.1 Å². The van der Waals surface area contributed by atoms with Crippen LogP contribution in [0, 0.1) is 34.5 Å². The molecule has 1 unspecified atom stereocenters. The second-order valence-corrected chi connectivity index (χ2v) is 16.8. The summed E-state index contributed by atoms with van der Waals surface area (Å²) in [6.07, 6.45) is 27.6. The van der Waals surface area contributed by atoms with Crippen LogP contribution in [0.2, 0.25) is 0 Å². The Bertz CT molecular complexity index is 1250. The van der Waals surface area contributed by atoms with Crippen molar-refractivity contribution in [2.24, 2.45) is 34.5 Å². The molecule has 1 heterocycles. The summed E-state index contributed by atoms with van der Waals surface area (Å²) in [5.74, 6) is 2.28. The number of carbonyl (C=O) groups is 2. The Morgan fingerprint density at radius 3 is 2.49 bits per heavy atom. The average molecular weight is 681 g/mol. The molecule has 4 fully saturated rings. The summed E-state index contributed by atoms with van der Waals surface area (Å²) in [6.45, 7) is 11.3. The predicted octanol–water partition coefficient (Wildman–Crippen LogP) is 9.19. The molecule has 7 heteroatoms. The lowest BCUT2D eigenvalue weighted by atomic mass is 9.47. The molecule has 0 saturated heterocycles. The van der Waals surface area contributed by atoms with E-state index < -0.39 is 30.4 Å². The van der Waals surface area contributed by atoms with Gasteiger partial charge in [0, 0.05) is 20.5 Å². The third kappa shape index (κ3) is 8.41. The van der Waals surface area contributed by atoms with Crippen molar-refractivity contribution < 1.29 is 33.3 Å². The predicted molar refractivity (Wildman–Crippen MR) is 190 cm³/mol. The van der Waals surface area contributed by atoms with Gasteiger partial charge in [-0.25, -0.2) is 0 Å². The van der Waals surface area contributed by atoms with Crippen molar-refractivity contribution in [1.82, 2.24) is 0 Å². The Hall–Kier alpha value is -1.96. The monoisotopic (exact) mass is 680 g/mol. The lowest BCUT2D eigenvalue weighted by Crippen LogP contribution is -2.51. The van der Waals surface area contributed by atoms with Crippen molar-refractivity contribution in [3.8, 4) is 0 Å². The molecule has 1 aliphatic heterocycles. The number of unbranched alkanes of at least 4 members (excludes halogenated alkanes) is 2. The van der Waals surface area contributed by atoms with Crippen LogP contribution in [0.4, 0.5) is 0 Å². The number of hydrogen-bond donors (Lipinski definition) is 0. The average Bonchev–Trinajstić information content (AvgIpc) is 3.44. The van der Waals surface area contributed by atoms with Crippen LogP contribution in [0.25, 0.3) is 0 Å². The summed E-state index contributed by atoms with van der Waals surface area (Å²) in [5, 5.41) is 0. The van der Waals surface area contributed by atoms with E-state index in [4.69, 9.17) is 23.7 Å². The number of ether oxygens (including phenoxy) is 5. The van der Waals surface area contributed by atoms with Crippen LogP contribution in [0.1, 0.15) is 137 Å². The van der Waals surface area contributed by atoms with Crippen molar-refractivity contribution in [2.75, 3.05) is 13.2 Å². The van der Waals surface area contributed by atoms with Crippen LogP contribution in [0.15, 0.2) is 35.5 Å². The van der Waals surface area contributed by atoms with Gasteiger partial charge in [0.1, 0.15) is 18.8 Å². The van der Waals surface area contributed by atoms with Gasteiger partial charge in [-0.15, -0.1) is 0 Å². The van der Waals surface area contributed by atoms with Crippen LogP contribution in [0.3, 0.4) is 0 Å². The van der Waals surface area contributed by atoms with Crippen molar-refractivity contribution in [3.05, 3.63) is 35.5 Å². The van der Waals surface area contributed by atoms with E-state index >= 15 is 0 Å². The Morgan fingerprint density at radius 2 is 1.71 bits per heavy atom. The van der Waals surface area contributed by atoms with E-state index in [1.54, 1.807) is 17.2 Å². The molecule has 0 aromatic rings. The van der Waals surface area contributed by atoms with E-state index in [1.165, 1.54) is 97.3 Å². The van der Waals surface area contributed by atoms with E-state index in [9.17, 15) is 9.59 Å². The first-order valence-electron chi connectivity index (χ1n) is 19.8. The fraction of sp³-hybridized carbons (Fsp3) is 0.810. The number of esters is 2. The van der Waals surface area contributed by atoms with Gasteiger partial charge in [0.15, 0.2) is 6.29 Å². The number of allylic oxidation sites excluding steroid dienone is 3. The summed E-state index contributed by atoms with van der Waals surface area (Å²) in [6, 6.07) is 0. The second-order valence-electron chi connectivity index (χ2n) is 16.8. The van der Waals surface area contributed by atoms with Crippen molar-refractivity contribution >= 4 is 11.9 Å². The molecule has 0 bridgehead atoms. The van der Waals surface area contributed by atoms with E-state index in [2.05, 4.69) is 32.9 Å². The van der Waals surface area contributed by atoms with Crippen LogP contribution in [-0.2, 0) is 33.3 Å². The first-order valence-corrected chi connectivity index (χ1v) is 19.8. The summed E-state index contributed by atoms with van der Waals surface area (Å²) in [5.41, 5.74) is 3.90. The SMILES string of the molecule is CC(=O)OC[C@H]1OC(O[C@H]2CC[C@@]3(C)C(=CC[C@H]4[C@@H]5CC[C@H](/C(C)=C/CCCCOC6CCCCC6)[C@@]5(C)CC[C@@H]43)C2)C=C[C@@H]1OC(C)=O. The Kier molecular flexibility index (Phi) is 12.1. The molecule has 0 amide bonds. The van der Waals surface area contributed by atoms with Gasteiger partial charge in [-0.1, -0.05) is 56.4 Å². The minimum atomic E-state index is -0.605. The molecule has 10 atom stereocenters. The van der Waals surface area contributed by atoms with E-state index in [0.717, 1.165) is 49.5 Å². The Labute approximate surface area is 295 Å². The van der Waals surface area contributed by atoms with Gasteiger partial charge in [-0.2, -0.15) is 0 Å². The highest BCUT2D eigenvalue weighted by molar-refractivity contribution is 5.66. The summed E-state index contributed by atoms with van der Waals surface area (Å²) >= 11 is 0. The highest BCUT2D eigenvalue weighted by Gasteiger charge is 2.58. The maximum absolute atomic E-state index is 11.6. The Morgan fingerprint density at radius 1 is 0.898 bits per heavy atom. The standard InChI is InChI=1S/C42H64O7/c1-28(12-8-7-11-25-45-32-13-9-6-10-14-32)35-17-18-36-34-16-15-31-26-33(21-23-41(31,4)37(34)22-24-42(35,36)5)48-40-20-19-38(47-30(3)44)39(49-40)27-46-29(2)43/h12,15,19-20,32-40H,6-11,13-14,16-18,21-27H2,1-5H3/b28-12+/t33-,34-,35+,36-,37-,38-,39+,40?,41-,42+/m0/s1. The van der Waals surface area contributed by atoms with Gasteiger partial charge in [0.25, 0.3) is 0 Å². The zero-order valence-corrected chi connectivity index (χ0v) is 31.1. The first kappa shape index (κ1) is 36.8. The lowest BCUT2D eigenvalue weighted by molar-refractivity contribution is -0.213. The van der Waals surface area contributed by atoms with Crippen LogP contribution in [-0.4, -0.2) is 55.9 Å². The Balaban J connectivity index is 1.02. The van der Waals surface area contributed by atoms with Gasteiger partial charge >= 0.3 is 11.9 Å². The van der Waals surface area contributed by atoms with Gasteiger partial charge in [-0.05, 0) is 137 Å². The van der Waals surface area contributed by atoms with Gasteiger partial charge in [0.05, 0.1) is 12.2 Å². The molecule has 49 heavy (non-hydrogen) atoms. The van der Waals surface area contributed by atoms with Crippen LogP contribution < -0.4 is 0 Å². The summed E-state index contributed by atoms with van der Waals surface area (Å²) in [7, 11) is 0. The molecule has 4 saturated carbocycles. The molecule has 0 aromatic carbocycles. The number of fused-ring (bicyclic) bond motifs is 5. The largest absolute Gasteiger partial charge is 0.463 e. The lowest BCUT2D eigenvalue weighted by Gasteiger charge is -2.58. The smallest absolute Gasteiger partial charge is 0.303 e. The molecular weight excluding hydrogens is 616 g/mol. The van der Waals surface area contributed by atoms with E-state index in [1.807, 2.05) is 6.08 Å². The topological polar surface area (TPSA) is 80.3 Å². The third-order valence-electron chi connectivity index (χ3n) is 13.8. The molecule has 5 aliphatic carbocycles. The van der Waals surface area contributed by atoms with Gasteiger partial charge in [-0.3, -0.25) is 9.59 Å². The van der Waals surface area contributed by atoms with E-state index in [0.29, 0.717) is 11.5 Å². The molecular formula is C42H64O7. The highest BCUT2D eigenvalue weighted by Crippen LogP contribution is 2.67. The van der Waals surface area contributed by atoms with Crippen LogP contribution in [0.5, 0.6) is 0 Å². The van der Waals surface area contributed by atoms with Crippen molar-refractivity contribution in [3.63, 3.8) is 0 Å². The van der Waals surface area contributed by atoms with Gasteiger partial charge in [0.2, 0.25) is 0 Å². The number of carbonyl (C=O) groups excluding carboxylic acids is 2. The normalized spacial score (nSPS) is 39.4. The summed E-state index contributed by atoms with van der Waals surface area (Å²) in [4.78, 5) is 23.1. The second kappa shape index (κ2) is 16.2. The fourth-order valence-electron chi connectivity index (χ4n) is 11.2. The molecule has 0 aromatic heterocycles. The minimum absolute atomic E-state index is 0.0144. The molecule has 6 aliphatic rings.